The van der Waals surface area contributed by atoms with Gasteiger partial charge < -0.3 is 8.57 Å². The Labute approximate surface area is 55.7 Å². The highest BCUT2D eigenvalue weighted by atomic mass is 79.9. The largest absolute Gasteiger partial charge is 0.525 e. The van der Waals surface area contributed by atoms with Gasteiger partial charge in [-0.3, -0.25) is 0 Å². The molecule has 8 heavy (non-hydrogen) atoms. The molecule has 0 N–H and O–H groups in total. The monoisotopic (exact) mass is 180 g/mol. The molecule has 0 spiro atoms. The highest BCUT2D eigenvalue weighted by Crippen LogP contribution is 1.90. The van der Waals surface area contributed by atoms with Gasteiger partial charge in [0.1, 0.15) is 0 Å². The molecule has 0 heterocycles. The second-order valence-electron chi connectivity index (χ2n) is 0.914. The summed E-state index contributed by atoms with van der Waals surface area (Å²) in [4.78, 5) is 10.0. The van der Waals surface area contributed by atoms with Crippen molar-refractivity contribution in [3.05, 3.63) is 12.3 Å². The first-order chi connectivity index (χ1) is 3.81. The normalized spacial score (nSPS) is 9.25. The molecular formula is C4H5BrO3. The topological polar surface area (TPSA) is 35.5 Å². The van der Waals surface area contributed by atoms with E-state index < -0.39 is 6.16 Å². The molecule has 0 bridgehead atoms. The second-order valence-corrected chi connectivity index (χ2v) is 1.24. The van der Waals surface area contributed by atoms with E-state index in [4.69, 9.17) is 0 Å². The zero-order valence-corrected chi connectivity index (χ0v) is 5.84. The van der Waals surface area contributed by atoms with Crippen LogP contribution in [-0.4, -0.2) is 6.16 Å². The third-order valence-corrected chi connectivity index (χ3v) is 0.628. The third kappa shape index (κ3) is 3.67. The van der Waals surface area contributed by atoms with Gasteiger partial charge in [0.15, 0.2) is 16.3 Å². The molecule has 0 aliphatic rings. The van der Waals surface area contributed by atoms with Gasteiger partial charge in [-0.2, -0.15) is 0 Å². The fourth-order valence-electron chi connectivity index (χ4n) is 0.142. The molecule has 0 saturated heterocycles. The highest BCUT2D eigenvalue weighted by Gasteiger charge is 1.94. The molecule has 0 atom stereocenters. The molecule has 0 radical (unpaired) electrons. The van der Waals surface area contributed by atoms with Gasteiger partial charge in [0.2, 0.25) is 0 Å². The number of rotatable bonds is 1. The van der Waals surface area contributed by atoms with Gasteiger partial charge in [-0.25, -0.2) is 4.79 Å². The number of hydrogen-bond acceptors (Lipinski definition) is 3. The zero-order chi connectivity index (χ0) is 6.41. The minimum absolute atomic E-state index is 0.775. The summed E-state index contributed by atoms with van der Waals surface area (Å²) in [7, 11) is 0. The van der Waals surface area contributed by atoms with Gasteiger partial charge in [-0.1, -0.05) is 6.08 Å². The molecule has 3 nitrogen and oxygen atoms in total. The van der Waals surface area contributed by atoms with E-state index in [9.17, 15) is 4.79 Å². The molecule has 0 amide bonds. The Bertz CT molecular complexity index is 99.5. The van der Waals surface area contributed by atoms with Crippen molar-refractivity contribution in [2.45, 2.75) is 6.92 Å². The standard InChI is InChI=1S/C4H5BrO3/c1-2-3-7-4(6)8-5/h2-3H,1H3. The van der Waals surface area contributed by atoms with E-state index in [-0.39, 0.29) is 0 Å². The maximum Gasteiger partial charge on any atom is 0.525 e. The van der Waals surface area contributed by atoms with Crippen LogP contribution >= 0.6 is 16.3 Å². The van der Waals surface area contributed by atoms with E-state index in [0.717, 1.165) is 0 Å². The quantitative estimate of drug-likeness (QED) is 0.458. The van der Waals surface area contributed by atoms with Crippen LogP contribution in [0.1, 0.15) is 6.92 Å². The first kappa shape index (κ1) is 7.49. The van der Waals surface area contributed by atoms with Crippen LogP contribution in [0, 0.1) is 0 Å². The predicted molar refractivity (Wildman–Crippen MR) is 31.3 cm³/mol. The molecule has 0 saturated carbocycles. The van der Waals surface area contributed by atoms with E-state index in [1.54, 1.807) is 13.0 Å². The van der Waals surface area contributed by atoms with Crippen LogP contribution in [0.4, 0.5) is 4.79 Å². The Kier molecular flexibility index (Phi) is 4.35. The summed E-state index contributed by atoms with van der Waals surface area (Å²) >= 11 is 2.44. The van der Waals surface area contributed by atoms with Crippen molar-refractivity contribution in [3.8, 4) is 0 Å². The van der Waals surface area contributed by atoms with Gasteiger partial charge in [0, 0.05) is 0 Å². The van der Waals surface area contributed by atoms with Crippen LogP contribution in [-0.2, 0) is 8.57 Å². The van der Waals surface area contributed by atoms with E-state index in [1.807, 2.05) is 0 Å². The lowest BCUT2D eigenvalue weighted by Gasteiger charge is -1.89. The van der Waals surface area contributed by atoms with Crippen LogP contribution in [0.2, 0.25) is 0 Å². The lowest BCUT2D eigenvalue weighted by Crippen LogP contribution is -1.93. The second kappa shape index (κ2) is 4.64. The first-order valence-electron chi connectivity index (χ1n) is 1.91. The summed E-state index contributed by atoms with van der Waals surface area (Å²) in [6.45, 7) is 1.72. The van der Waals surface area contributed by atoms with Crippen LogP contribution < -0.4 is 0 Å². The molecule has 0 rings (SSSR count). The average molecular weight is 181 g/mol. The number of hydrogen-bond donors (Lipinski definition) is 0. The van der Waals surface area contributed by atoms with Crippen LogP contribution in [0.25, 0.3) is 0 Å². The average Bonchev–Trinajstić information content (AvgIpc) is 1.83. The van der Waals surface area contributed by atoms with E-state index >= 15 is 0 Å². The number of carbonyl (C=O) groups excluding carboxylic acids is 1. The Morgan fingerprint density at radius 3 is 2.75 bits per heavy atom. The lowest BCUT2D eigenvalue weighted by molar-refractivity contribution is 0.147. The van der Waals surface area contributed by atoms with E-state index in [0.29, 0.717) is 0 Å². The summed E-state index contributed by atoms with van der Waals surface area (Å²) in [6, 6.07) is 0. The number of carbonyl (C=O) groups is 1. The fraction of sp³-hybridized carbons (Fsp3) is 0.250. The molecule has 0 aromatic carbocycles. The Morgan fingerprint density at radius 1 is 1.75 bits per heavy atom. The number of halogens is 1. The highest BCUT2D eigenvalue weighted by molar-refractivity contribution is 9.06. The summed E-state index contributed by atoms with van der Waals surface area (Å²) in [6.07, 6.45) is 2.02. The van der Waals surface area contributed by atoms with E-state index in [2.05, 4.69) is 24.8 Å². The zero-order valence-electron chi connectivity index (χ0n) is 4.26. The van der Waals surface area contributed by atoms with Crippen molar-refractivity contribution in [3.63, 3.8) is 0 Å². The fourth-order valence-corrected chi connectivity index (χ4v) is 0.218. The Morgan fingerprint density at radius 2 is 2.38 bits per heavy atom. The molecule has 4 heteroatoms. The molecule has 0 aromatic rings. The summed E-state index contributed by atoms with van der Waals surface area (Å²) in [5, 5.41) is 0. The maximum atomic E-state index is 10.0. The van der Waals surface area contributed by atoms with Crippen LogP contribution in [0.15, 0.2) is 12.3 Å². The van der Waals surface area contributed by atoms with Crippen LogP contribution in [0.5, 0.6) is 0 Å². The van der Waals surface area contributed by atoms with Gasteiger partial charge in [-0.15, -0.1) is 0 Å². The van der Waals surface area contributed by atoms with Crippen molar-refractivity contribution < 1.29 is 13.4 Å². The minimum atomic E-state index is -0.775. The van der Waals surface area contributed by atoms with E-state index in [1.165, 1.54) is 6.26 Å². The number of allylic oxidation sites excluding steroid dienone is 1. The van der Waals surface area contributed by atoms with Crippen molar-refractivity contribution in [1.82, 2.24) is 0 Å². The molecular weight excluding hydrogens is 176 g/mol. The Balaban J connectivity index is 3.25. The number of ether oxygens (including phenoxy) is 1. The molecule has 0 aliphatic heterocycles. The van der Waals surface area contributed by atoms with Gasteiger partial charge in [0.05, 0.1) is 6.26 Å². The molecule has 0 unspecified atom stereocenters. The smallest absolute Gasteiger partial charge is 0.403 e. The Hall–Kier alpha value is -0.510. The molecule has 0 aliphatic carbocycles. The third-order valence-electron chi connectivity index (χ3n) is 0.363. The van der Waals surface area contributed by atoms with Crippen LogP contribution in [0.3, 0.4) is 0 Å². The lowest BCUT2D eigenvalue weighted by atomic mass is 10.7. The van der Waals surface area contributed by atoms with Gasteiger partial charge >= 0.3 is 6.16 Å². The predicted octanol–water partition coefficient (Wildman–Crippen LogP) is 1.98. The van der Waals surface area contributed by atoms with Crippen molar-refractivity contribution in [2.24, 2.45) is 0 Å². The minimum Gasteiger partial charge on any atom is -0.403 e. The summed E-state index contributed by atoms with van der Waals surface area (Å²) in [5.41, 5.74) is 0. The van der Waals surface area contributed by atoms with Gasteiger partial charge in [0.25, 0.3) is 0 Å². The van der Waals surface area contributed by atoms with Crippen molar-refractivity contribution >= 4 is 22.4 Å². The first-order valence-corrected chi connectivity index (χ1v) is 2.56. The SMILES string of the molecule is CC=COC(=O)OBr. The summed E-state index contributed by atoms with van der Waals surface area (Å²) in [5.74, 6) is 0. The van der Waals surface area contributed by atoms with Gasteiger partial charge in [-0.05, 0) is 6.92 Å². The van der Waals surface area contributed by atoms with Crippen molar-refractivity contribution in [1.29, 1.82) is 0 Å². The summed E-state index contributed by atoms with van der Waals surface area (Å²) < 4.78 is 8.20. The van der Waals surface area contributed by atoms with Crippen molar-refractivity contribution in [2.75, 3.05) is 0 Å². The molecule has 0 fully saturated rings. The molecule has 0 aromatic heterocycles. The molecule has 46 valence electrons. The maximum absolute atomic E-state index is 10.0.